The van der Waals surface area contributed by atoms with Crippen molar-refractivity contribution in [1.29, 1.82) is 0 Å². The predicted octanol–water partition coefficient (Wildman–Crippen LogP) is 0.895. The van der Waals surface area contributed by atoms with E-state index in [2.05, 4.69) is 4.98 Å². The van der Waals surface area contributed by atoms with Crippen molar-refractivity contribution >= 4 is 17.5 Å². The van der Waals surface area contributed by atoms with Crippen LogP contribution in [0.5, 0.6) is 0 Å². The number of aromatic nitrogens is 1. The number of carboxylic acid groups (broad SMARTS) is 1. The van der Waals surface area contributed by atoms with Crippen molar-refractivity contribution in [2.45, 2.75) is 19.4 Å². The molecule has 8 heteroatoms. The Morgan fingerprint density at radius 2 is 2.30 bits per heavy atom. The summed E-state index contributed by atoms with van der Waals surface area (Å²) in [7, 11) is 0. The van der Waals surface area contributed by atoms with Gasteiger partial charge in [-0.3, -0.25) is 10.1 Å². The lowest BCUT2D eigenvalue weighted by molar-refractivity contribution is -0.385. The lowest BCUT2D eigenvalue weighted by Gasteiger charge is -2.35. The monoisotopic (exact) mass is 281 g/mol. The van der Waals surface area contributed by atoms with Gasteiger partial charge in [-0.05, 0) is 12.3 Å². The van der Waals surface area contributed by atoms with Gasteiger partial charge in [-0.1, -0.05) is 6.92 Å². The smallest absolute Gasteiger partial charge is 0.339 e. The molecule has 2 atom stereocenters. The lowest BCUT2D eigenvalue weighted by Crippen LogP contribution is -2.42. The summed E-state index contributed by atoms with van der Waals surface area (Å²) in [4.78, 5) is 26.9. The quantitative estimate of drug-likeness (QED) is 0.624. The summed E-state index contributed by atoms with van der Waals surface area (Å²) in [6, 6.07) is 1.01. The van der Waals surface area contributed by atoms with Gasteiger partial charge in [-0.2, -0.15) is 0 Å². The van der Waals surface area contributed by atoms with Crippen LogP contribution in [0.3, 0.4) is 0 Å². The maximum Gasteiger partial charge on any atom is 0.339 e. The lowest BCUT2D eigenvalue weighted by atomic mass is 9.96. The third-order valence-electron chi connectivity index (χ3n) is 3.45. The third-order valence-corrected chi connectivity index (χ3v) is 3.45. The first-order chi connectivity index (χ1) is 9.40. The van der Waals surface area contributed by atoms with E-state index in [0.717, 1.165) is 12.3 Å². The third kappa shape index (κ3) is 2.69. The second-order valence-electron chi connectivity index (χ2n) is 4.91. The summed E-state index contributed by atoms with van der Waals surface area (Å²) in [5, 5.41) is 29.6. The Bertz CT molecular complexity index is 548. The number of aliphatic hydroxyl groups is 1. The zero-order valence-corrected chi connectivity index (χ0v) is 10.9. The Morgan fingerprint density at radius 1 is 1.60 bits per heavy atom. The molecule has 2 N–H and O–H groups in total. The standard InChI is InChI=1S/C12H15N3O5/c1-7-6-14(3-2-10(7)16)11-9(12(17)18)4-8(5-13-11)15(19)20/h4-5,7,10,16H,2-3,6H2,1H3,(H,17,18). The molecule has 0 bridgehead atoms. The molecule has 1 aromatic rings. The molecule has 108 valence electrons. The number of nitro groups is 1. The van der Waals surface area contributed by atoms with Crippen LogP contribution < -0.4 is 4.90 Å². The van der Waals surface area contributed by atoms with Crippen molar-refractivity contribution in [1.82, 2.24) is 4.98 Å². The molecular weight excluding hydrogens is 266 g/mol. The number of aliphatic hydroxyl groups excluding tert-OH is 1. The highest BCUT2D eigenvalue weighted by molar-refractivity contribution is 5.94. The maximum absolute atomic E-state index is 11.2. The summed E-state index contributed by atoms with van der Waals surface area (Å²) >= 11 is 0. The van der Waals surface area contributed by atoms with Crippen molar-refractivity contribution in [3.8, 4) is 0 Å². The van der Waals surface area contributed by atoms with Crippen molar-refractivity contribution in [2.75, 3.05) is 18.0 Å². The van der Waals surface area contributed by atoms with Gasteiger partial charge in [-0.15, -0.1) is 0 Å². The fourth-order valence-corrected chi connectivity index (χ4v) is 2.28. The van der Waals surface area contributed by atoms with Crippen molar-refractivity contribution < 1.29 is 19.9 Å². The highest BCUT2D eigenvalue weighted by atomic mass is 16.6. The molecule has 2 heterocycles. The number of rotatable bonds is 3. The number of anilines is 1. The topological polar surface area (TPSA) is 117 Å². The first kappa shape index (κ1) is 14.2. The van der Waals surface area contributed by atoms with Crippen LogP contribution in [0.1, 0.15) is 23.7 Å². The minimum absolute atomic E-state index is 0.0117. The van der Waals surface area contributed by atoms with E-state index in [-0.39, 0.29) is 23.0 Å². The molecule has 1 aliphatic heterocycles. The first-order valence-corrected chi connectivity index (χ1v) is 6.21. The fraction of sp³-hybridized carbons (Fsp3) is 0.500. The number of hydrogen-bond acceptors (Lipinski definition) is 6. The van der Waals surface area contributed by atoms with E-state index >= 15 is 0 Å². The maximum atomic E-state index is 11.2. The summed E-state index contributed by atoms with van der Waals surface area (Å²) < 4.78 is 0. The largest absolute Gasteiger partial charge is 0.478 e. The molecule has 0 amide bonds. The average molecular weight is 281 g/mol. The number of nitrogens with zero attached hydrogens (tertiary/aromatic N) is 3. The Balaban J connectivity index is 2.36. The minimum atomic E-state index is -1.25. The van der Waals surface area contributed by atoms with Crippen molar-refractivity contribution in [2.24, 2.45) is 5.92 Å². The summed E-state index contributed by atoms with van der Waals surface area (Å²) in [5.41, 5.74) is -0.543. The van der Waals surface area contributed by atoms with E-state index in [4.69, 9.17) is 0 Å². The molecule has 0 aromatic carbocycles. The molecule has 2 rings (SSSR count). The number of hydrogen-bond donors (Lipinski definition) is 2. The molecule has 1 saturated heterocycles. The molecule has 8 nitrogen and oxygen atoms in total. The van der Waals surface area contributed by atoms with Gasteiger partial charge in [0, 0.05) is 19.2 Å². The van der Waals surface area contributed by atoms with Crippen LogP contribution >= 0.6 is 0 Å². The Labute approximate surface area is 114 Å². The molecule has 1 fully saturated rings. The average Bonchev–Trinajstić information content (AvgIpc) is 2.41. The second-order valence-corrected chi connectivity index (χ2v) is 4.91. The molecule has 0 radical (unpaired) electrons. The van der Waals surface area contributed by atoms with Gasteiger partial charge in [0.1, 0.15) is 17.6 Å². The van der Waals surface area contributed by atoms with E-state index < -0.39 is 17.0 Å². The molecule has 0 saturated carbocycles. The predicted molar refractivity (Wildman–Crippen MR) is 69.9 cm³/mol. The van der Waals surface area contributed by atoms with E-state index in [1.807, 2.05) is 6.92 Å². The van der Waals surface area contributed by atoms with Crippen LogP contribution in [-0.2, 0) is 0 Å². The van der Waals surface area contributed by atoms with Crippen LogP contribution in [0.4, 0.5) is 11.5 Å². The zero-order valence-electron chi connectivity index (χ0n) is 10.9. The van der Waals surface area contributed by atoms with Gasteiger partial charge in [-0.25, -0.2) is 9.78 Å². The molecular formula is C12H15N3O5. The van der Waals surface area contributed by atoms with Gasteiger partial charge in [0.2, 0.25) is 0 Å². The molecule has 2 unspecified atom stereocenters. The number of carboxylic acids is 1. The van der Waals surface area contributed by atoms with Gasteiger partial charge in [0.25, 0.3) is 5.69 Å². The molecule has 1 aliphatic rings. The molecule has 0 aliphatic carbocycles. The summed E-state index contributed by atoms with van der Waals surface area (Å²) in [6.07, 6.45) is 1.15. The Kier molecular flexibility index (Phi) is 3.84. The normalized spacial score (nSPS) is 22.6. The van der Waals surface area contributed by atoms with Gasteiger partial charge >= 0.3 is 5.97 Å². The second kappa shape index (κ2) is 5.41. The summed E-state index contributed by atoms with van der Waals surface area (Å²) in [5.74, 6) is -1.06. The van der Waals surface area contributed by atoms with Crippen molar-refractivity contribution in [3.63, 3.8) is 0 Å². The Hall–Kier alpha value is -2.22. The van der Waals surface area contributed by atoms with Gasteiger partial charge in [0.15, 0.2) is 0 Å². The number of piperidine rings is 1. The first-order valence-electron chi connectivity index (χ1n) is 6.21. The SMILES string of the molecule is CC1CN(c2ncc([N+](=O)[O-])cc2C(=O)O)CCC1O. The summed E-state index contributed by atoms with van der Waals surface area (Å²) in [6.45, 7) is 2.80. The van der Waals surface area contributed by atoms with E-state index in [0.29, 0.717) is 19.5 Å². The number of pyridine rings is 1. The van der Waals surface area contributed by atoms with Gasteiger partial charge in [0.05, 0.1) is 11.0 Å². The highest BCUT2D eigenvalue weighted by Crippen LogP contribution is 2.27. The molecule has 0 spiro atoms. The van der Waals surface area contributed by atoms with E-state index in [1.165, 1.54) is 0 Å². The van der Waals surface area contributed by atoms with Crippen LogP contribution in [0.25, 0.3) is 0 Å². The molecule has 1 aromatic heterocycles. The van der Waals surface area contributed by atoms with Gasteiger partial charge < -0.3 is 15.1 Å². The van der Waals surface area contributed by atoms with Crippen LogP contribution in [0.15, 0.2) is 12.3 Å². The number of carbonyl (C=O) groups is 1. The van der Waals surface area contributed by atoms with Crippen LogP contribution in [0.2, 0.25) is 0 Å². The minimum Gasteiger partial charge on any atom is -0.478 e. The van der Waals surface area contributed by atoms with Crippen LogP contribution in [-0.4, -0.2) is 45.3 Å². The number of aromatic carboxylic acids is 1. The molecule has 20 heavy (non-hydrogen) atoms. The van der Waals surface area contributed by atoms with E-state index in [9.17, 15) is 25.1 Å². The van der Waals surface area contributed by atoms with E-state index in [1.54, 1.807) is 4.90 Å². The highest BCUT2D eigenvalue weighted by Gasteiger charge is 2.28. The Morgan fingerprint density at radius 3 is 2.85 bits per heavy atom. The zero-order chi connectivity index (χ0) is 14.9. The van der Waals surface area contributed by atoms with Crippen LogP contribution in [0, 0.1) is 16.0 Å². The van der Waals surface area contributed by atoms with Crippen molar-refractivity contribution in [3.05, 3.63) is 27.9 Å². The fourth-order valence-electron chi connectivity index (χ4n) is 2.28.